The average molecular weight is 315 g/mol. The quantitative estimate of drug-likeness (QED) is 0.807. The van der Waals surface area contributed by atoms with Gasteiger partial charge in [0.2, 0.25) is 0 Å². The zero-order valence-corrected chi connectivity index (χ0v) is 13.2. The minimum absolute atomic E-state index is 0.166. The molecule has 120 valence electrons. The largest absolute Gasteiger partial charge is 0.452 e. The highest BCUT2D eigenvalue weighted by molar-refractivity contribution is 5.97. The normalized spacial score (nSPS) is 10.2. The van der Waals surface area contributed by atoms with Crippen LogP contribution in [0.2, 0.25) is 0 Å². The van der Waals surface area contributed by atoms with Gasteiger partial charge in [0.25, 0.3) is 5.91 Å². The zero-order chi connectivity index (χ0) is 17.0. The molecule has 2 aromatic rings. The lowest BCUT2D eigenvalue weighted by Gasteiger charge is -2.17. The second kappa shape index (κ2) is 6.91. The number of rotatable bonds is 4. The van der Waals surface area contributed by atoms with Crippen molar-refractivity contribution >= 4 is 17.6 Å². The van der Waals surface area contributed by atoms with Gasteiger partial charge in [-0.05, 0) is 31.5 Å². The molecule has 0 radical (unpaired) electrons. The number of hydrogen-bond acceptors (Lipinski definition) is 5. The van der Waals surface area contributed by atoms with Gasteiger partial charge in [0, 0.05) is 18.8 Å². The number of aryl methyl sites for hydroxylation is 2. The number of likely N-dealkylation sites (N-methyl/N-ethyl adjacent to an activating group) is 1. The third-order valence-electron chi connectivity index (χ3n) is 3.38. The molecular weight excluding hydrogens is 298 g/mol. The van der Waals surface area contributed by atoms with Crippen molar-refractivity contribution in [2.24, 2.45) is 0 Å². The minimum atomic E-state index is -0.696. The van der Waals surface area contributed by atoms with Gasteiger partial charge in [0.05, 0.1) is 0 Å². The third-order valence-corrected chi connectivity index (χ3v) is 3.38. The van der Waals surface area contributed by atoms with Crippen molar-refractivity contribution in [2.45, 2.75) is 13.8 Å². The van der Waals surface area contributed by atoms with Crippen LogP contribution >= 0.6 is 0 Å². The summed E-state index contributed by atoms with van der Waals surface area (Å²) in [4.78, 5) is 36.8. The lowest BCUT2D eigenvalue weighted by Crippen LogP contribution is -2.31. The fraction of sp³-hybridized carbons (Fsp3) is 0.235. The van der Waals surface area contributed by atoms with E-state index in [4.69, 9.17) is 9.15 Å². The number of esters is 1. The first kappa shape index (κ1) is 16.5. The minimum Gasteiger partial charge on any atom is -0.452 e. The van der Waals surface area contributed by atoms with E-state index >= 15 is 0 Å². The number of benzene rings is 1. The molecule has 6 nitrogen and oxygen atoms in total. The molecule has 6 heteroatoms. The SMILES string of the molecule is Cc1cc(=O)oc(C)c1C(=O)OCC(=O)N(C)c1ccccc1. The van der Waals surface area contributed by atoms with E-state index in [0.29, 0.717) is 11.3 Å². The highest BCUT2D eigenvalue weighted by Gasteiger charge is 2.19. The van der Waals surface area contributed by atoms with E-state index in [1.807, 2.05) is 18.2 Å². The molecule has 1 heterocycles. The molecule has 0 N–H and O–H groups in total. The molecule has 0 unspecified atom stereocenters. The molecule has 1 aromatic carbocycles. The summed E-state index contributed by atoms with van der Waals surface area (Å²) in [7, 11) is 1.60. The molecule has 23 heavy (non-hydrogen) atoms. The van der Waals surface area contributed by atoms with Crippen molar-refractivity contribution in [3.63, 3.8) is 0 Å². The molecule has 0 aliphatic rings. The second-order valence-corrected chi connectivity index (χ2v) is 5.04. The van der Waals surface area contributed by atoms with Gasteiger partial charge in [-0.25, -0.2) is 9.59 Å². The zero-order valence-electron chi connectivity index (χ0n) is 13.2. The predicted octanol–water partition coefficient (Wildman–Crippen LogP) is 2.08. The van der Waals surface area contributed by atoms with Gasteiger partial charge in [0.15, 0.2) is 6.61 Å². The Hall–Kier alpha value is -2.89. The number of anilines is 1. The molecule has 0 bridgehead atoms. The monoisotopic (exact) mass is 315 g/mol. The first-order chi connectivity index (χ1) is 10.9. The van der Waals surface area contributed by atoms with Crippen molar-refractivity contribution in [3.05, 3.63) is 63.7 Å². The van der Waals surface area contributed by atoms with E-state index in [1.54, 1.807) is 26.1 Å². The van der Waals surface area contributed by atoms with Crippen LogP contribution in [0.15, 0.2) is 45.6 Å². The maximum absolute atomic E-state index is 12.1. The summed E-state index contributed by atoms with van der Waals surface area (Å²) in [5, 5.41) is 0. The number of carbonyl (C=O) groups is 2. The van der Waals surface area contributed by atoms with E-state index in [2.05, 4.69) is 0 Å². The van der Waals surface area contributed by atoms with Gasteiger partial charge in [-0.3, -0.25) is 4.79 Å². The second-order valence-electron chi connectivity index (χ2n) is 5.04. The summed E-state index contributed by atoms with van der Waals surface area (Å²) in [6.45, 7) is 2.71. The van der Waals surface area contributed by atoms with Crippen molar-refractivity contribution in [2.75, 3.05) is 18.6 Å². The highest BCUT2D eigenvalue weighted by Crippen LogP contribution is 2.14. The standard InChI is InChI=1S/C17H17NO5/c1-11-9-15(20)23-12(2)16(11)17(21)22-10-14(19)18(3)13-7-5-4-6-8-13/h4-9H,10H2,1-3H3. The summed E-state index contributed by atoms with van der Waals surface area (Å²) >= 11 is 0. The van der Waals surface area contributed by atoms with Crippen LogP contribution in [0.5, 0.6) is 0 Å². The summed E-state index contributed by atoms with van der Waals surface area (Å²) in [6, 6.07) is 10.2. The number of amides is 1. The van der Waals surface area contributed by atoms with Crippen LogP contribution in [0.1, 0.15) is 21.7 Å². The van der Waals surface area contributed by atoms with E-state index in [0.717, 1.165) is 0 Å². The van der Waals surface area contributed by atoms with Crippen LogP contribution in [0.25, 0.3) is 0 Å². The van der Waals surface area contributed by atoms with Crippen molar-refractivity contribution in [1.29, 1.82) is 0 Å². The lowest BCUT2D eigenvalue weighted by atomic mass is 10.1. The predicted molar refractivity (Wildman–Crippen MR) is 84.6 cm³/mol. The number of ether oxygens (including phenoxy) is 1. The first-order valence-electron chi connectivity index (χ1n) is 7.00. The Balaban J connectivity index is 2.05. The molecule has 0 aliphatic heterocycles. The highest BCUT2D eigenvalue weighted by atomic mass is 16.5. The molecule has 0 saturated carbocycles. The fourth-order valence-corrected chi connectivity index (χ4v) is 2.15. The van der Waals surface area contributed by atoms with Gasteiger partial charge in [-0.2, -0.15) is 0 Å². The summed E-state index contributed by atoms with van der Waals surface area (Å²) in [5.74, 6) is -0.889. The van der Waals surface area contributed by atoms with Crippen molar-refractivity contribution in [3.8, 4) is 0 Å². The van der Waals surface area contributed by atoms with Gasteiger partial charge in [-0.15, -0.1) is 0 Å². The van der Waals surface area contributed by atoms with E-state index < -0.39 is 18.2 Å². The summed E-state index contributed by atoms with van der Waals surface area (Å²) < 4.78 is 9.92. The van der Waals surface area contributed by atoms with E-state index in [9.17, 15) is 14.4 Å². The van der Waals surface area contributed by atoms with Gasteiger partial charge in [0.1, 0.15) is 11.3 Å². The summed E-state index contributed by atoms with van der Waals surface area (Å²) in [5.41, 5.74) is 0.787. The Labute approximate surface area is 133 Å². The molecule has 1 aromatic heterocycles. The first-order valence-corrected chi connectivity index (χ1v) is 7.00. The maximum atomic E-state index is 12.1. The van der Waals surface area contributed by atoms with Crippen LogP contribution in [0, 0.1) is 13.8 Å². The van der Waals surface area contributed by atoms with E-state index in [1.165, 1.54) is 17.9 Å². The van der Waals surface area contributed by atoms with Crippen LogP contribution in [0.4, 0.5) is 5.69 Å². The number of para-hydroxylation sites is 1. The van der Waals surface area contributed by atoms with Gasteiger partial charge in [-0.1, -0.05) is 18.2 Å². The number of carbonyl (C=O) groups excluding carboxylic acids is 2. The fourth-order valence-electron chi connectivity index (χ4n) is 2.15. The van der Waals surface area contributed by atoms with Gasteiger partial charge >= 0.3 is 11.6 Å². The molecule has 1 amide bonds. The van der Waals surface area contributed by atoms with Crippen LogP contribution < -0.4 is 10.5 Å². The van der Waals surface area contributed by atoms with Crippen molar-refractivity contribution in [1.82, 2.24) is 0 Å². The molecule has 0 fully saturated rings. The van der Waals surface area contributed by atoms with Crippen molar-refractivity contribution < 1.29 is 18.7 Å². The number of hydrogen-bond donors (Lipinski definition) is 0. The smallest absolute Gasteiger partial charge is 0.342 e. The Morgan fingerprint density at radius 1 is 1.17 bits per heavy atom. The van der Waals surface area contributed by atoms with Gasteiger partial charge < -0.3 is 14.1 Å². The maximum Gasteiger partial charge on any atom is 0.342 e. The van der Waals surface area contributed by atoms with E-state index in [-0.39, 0.29) is 17.2 Å². The molecular formula is C17H17NO5. The molecule has 0 saturated heterocycles. The Morgan fingerprint density at radius 3 is 2.43 bits per heavy atom. The van der Waals surface area contributed by atoms with Crippen LogP contribution in [-0.2, 0) is 9.53 Å². The Morgan fingerprint density at radius 2 is 1.83 bits per heavy atom. The lowest BCUT2D eigenvalue weighted by molar-refractivity contribution is -0.121. The molecule has 0 spiro atoms. The number of nitrogens with zero attached hydrogens (tertiary/aromatic N) is 1. The topological polar surface area (TPSA) is 76.8 Å². The summed E-state index contributed by atoms with van der Waals surface area (Å²) in [6.07, 6.45) is 0. The third kappa shape index (κ3) is 3.85. The Kier molecular flexibility index (Phi) is 4.95. The molecule has 2 rings (SSSR count). The van der Waals surface area contributed by atoms with Crippen LogP contribution in [0.3, 0.4) is 0 Å². The average Bonchev–Trinajstić information content (AvgIpc) is 2.51. The molecule has 0 aliphatic carbocycles. The molecule has 0 atom stereocenters. The Bertz CT molecular complexity index is 753. The van der Waals surface area contributed by atoms with Crippen LogP contribution in [-0.4, -0.2) is 25.5 Å².